The molecule has 0 spiro atoms. The van der Waals surface area contributed by atoms with Gasteiger partial charge in [-0.3, -0.25) is 14.5 Å². The molecule has 3 rings (SSSR count). The number of carboxylic acid groups (broad SMARTS) is 1. The molecule has 23 heavy (non-hydrogen) atoms. The Bertz CT molecular complexity index is 705. The van der Waals surface area contributed by atoms with Crippen molar-refractivity contribution in [2.24, 2.45) is 0 Å². The minimum absolute atomic E-state index is 0.00467. The van der Waals surface area contributed by atoms with E-state index in [0.29, 0.717) is 0 Å². The topological polar surface area (TPSA) is 97.1 Å². The standard InChI is InChI=1S/C16H18N4O3/c21-14(11-20-10-12(8-18-20)15(22)23)19-16(5-1-2-6-16)13-4-3-7-17-9-13/h3-4,7-10H,1-2,5-6,11H2,(H,19,21)(H,22,23). The molecule has 120 valence electrons. The molecule has 1 fully saturated rings. The Balaban J connectivity index is 1.73. The van der Waals surface area contributed by atoms with Crippen molar-refractivity contribution in [3.8, 4) is 0 Å². The van der Waals surface area contributed by atoms with Crippen molar-refractivity contribution in [1.82, 2.24) is 20.1 Å². The number of aromatic carboxylic acids is 1. The molecule has 0 unspecified atom stereocenters. The number of carbonyl (C=O) groups is 2. The lowest BCUT2D eigenvalue weighted by atomic mass is 9.89. The molecule has 7 nitrogen and oxygen atoms in total. The Morgan fingerprint density at radius 3 is 2.70 bits per heavy atom. The lowest BCUT2D eigenvalue weighted by Gasteiger charge is -2.30. The van der Waals surface area contributed by atoms with E-state index < -0.39 is 5.97 Å². The van der Waals surface area contributed by atoms with Gasteiger partial charge in [0.2, 0.25) is 5.91 Å². The smallest absolute Gasteiger partial charge is 0.338 e. The number of rotatable bonds is 5. The van der Waals surface area contributed by atoms with Crippen molar-refractivity contribution in [3.05, 3.63) is 48.0 Å². The van der Waals surface area contributed by atoms with Gasteiger partial charge in [-0.1, -0.05) is 18.9 Å². The van der Waals surface area contributed by atoms with Crippen LogP contribution < -0.4 is 5.32 Å². The Morgan fingerprint density at radius 2 is 2.09 bits per heavy atom. The van der Waals surface area contributed by atoms with Gasteiger partial charge in [0.1, 0.15) is 6.54 Å². The second-order valence-corrected chi connectivity index (χ2v) is 5.81. The van der Waals surface area contributed by atoms with Gasteiger partial charge in [-0.25, -0.2) is 4.79 Å². The molecular formula is C16H18N4O3. The van der Waals surface area contributed by atoms with Crippen molar-refractivity contribution in [3.63, 3.8) is 0 Å². The number of nitrogens with one attached hydrogen (secondary N) is 1. The summed E-state index contributed by atoms with van der Waals surface area (Å²) in [5.41, 5.74) is 0.701. The highest BCUT2D eigenvalue weighted by molar-refractivity contribution is 5.87. The van der Waals surface area contributed by atoms with Gasteiger partial charge < -0.3 is 10.4 Å². The van der Waals surface area contributed by atoms with E-state index in [1.807, 2.05) is 12.1 Å². The number of carboxylic acids is 1. The summed E-state index contributed by atoms with van der Waals surface area (Å²) >= 11 is 0. The zero-order chi connectivity index (χ0) is 16.3. The average Bonchev–Trinajstić information content (AvgIpc) is 3.18. The maximum absolute atomic E-state index is 12.4. The summed E-state index contributed by atoms with van der Waals surface area (Å²) in [4.78, 5) is 27.4. The number of pyridine rings is 1. The Hall–Kier alpha value is -2.70. The zero-order valence-electron chi connectivity index (χ0n) is 12.6. The van der Waals surface area contributed by atoms with Gasteiger partial charge >= 0.3 is 5.97 Å². The summed E-state index contributed by atoms with van der Waals surface area (Å²) < 4.78 is 1.34. The molecule has 0 bridgehead atoms. The Labute approximate surface area is 133 Å². The second-order valence-electron chi connectivity index (χ2n) is 5.81. The van der Waals surface area contributed by atoms with E-state index in [4.69, 9.17) is 5.11 Å². The van der Waals surface area contributed by atoms with Crippen LogP contribution in [0.2, 0.25) is 0 Å². The predicted octanol–water partition coefficient (Wildman–Crippen LogP) is 1.56. The van der Waals surface area contributed by atoms with Crippen molar-refractivity contribution < 1.29 is 14.7 Å². The number of nitrogens with zero attached hydrogens (tertiary/aromatic N) is 3. The summed E-state index contributed by atoms with van der Waals surface area (Å²) in [6.07, 6.45) is 9.97. The highest BCUT2D eigenvalue weighted by atomic mass is 16.4. The van der Waals surface area contributed by atoms with E-state index in [2.05, 4.69) is 15.4 Å². The normalized spacial score (nSPS) is 16.2. The molecule has 0 aliphatic heterocycles. The molecule has 0 radical (unpaired) electrons. The van der Waals surface area contributed by atoms with Gasteiger partial charge in [0.15, 0.2) is 0 Å². The first-order chi connectivity index (χ1) is 11.1. The van der Waals surface area contributed by atoms with Gasteiger partial charge in [-0.2, -0.15) is 5.10 Å². The molecule has 0 saturated heterocycles. The van der Waals surface area contributed by atoms with Crippen LogP contribution in [0.3, 0.4) is 0 Å². The van der Waals surface area contributed by atoms with Crippen molar-refractivity contribution in [2.75, 3.05) is 0 Å². The van der Waals surface area contributed by atoms with Crippen molar-refractivity contribution >= 4 is 11.9 Å². The van der Waals surface area contributed by atoms with Crippen molar-refractivity contribution in [2.45, 2.75) is 37.8 Å². The number of hydrogen-bond donors (Lipinski definition) is 2. The molecule has 1 amide bonds. The van der Waals surface area contributed by atoms with Gasteiger partial charge in [0.25, 0.3) is 0 Å². The Morgan fingerprint density at radius 1 is 1.30 bits per heavy atom. The second kappa shape index (κ2) is 6.20. The average molecular weight is 314 g/mol. The van der Waals surface area contributed by atoms with Gasteiger partial charge in [-0.05, 0) is 24.5 Å². The van der Waals surface area contributed by atoms with E-state index in [1.54, 1.807) is 12.4 Å². The monoisotopic (exact) mass is 314 g/mol. The fourth-order valence-electron chi connectivity index (χ4n) is 3.12. The molecule has 1 saturated carbocycles. The van der Waals surface area contributed by atoms with Gasteiger partial charge in [0, 0.05) is 18.6 Å². The fourth-order valence-corrected chi connectivity index (χ4v) is 3.12. The third kappa shape index (κ3) is 3.23. The third-order valence-corrected chi connectivity index (χ3v) is 4.24. The van der Waals surface area contributed by atoms with Gasteiger partial charge in [0.05, 0.1) is 17.3 Å². The van der Waals surface area contributed by atoms with Crippen LogP contribution in [0, 0.1) is 0 Å². The van der Waals surface area contributed by atoms with E-state index in [0.717, 1.165) is 31.2 Å². The number of carbonyl (C=O) groups excluding carboxylic acids is 1. The first kappa shape index (κ1) is 15.2. The van der Waals surface area contributed by atoms with Gasteiger partial charge in [-0.15, -0.1) is 0 Å². The van der Waals surface area contributed by atoms with Crippen LogP contribution in [-0.4, -0.2) is 31.7 Å². The highest BCUT2D eigenvalue weighted by Crippen LogP contribution is 2.38. The molecule has 0 atom stereocenters. The van der Waals surface area contributed by atoms with Crippen LogP contribution >= 0.6 is 0 Å². The maximum Gasteiger partial charge on any atom is 0.338 e. The molecule has 1 aliphatic rings. The predicted molar refractivity (Wildman–Crippen MR) is 81.7 cm³/mol. The first-order valence-corrected chi connectivity index (χ1v) is 7.56. The number of amides is 1. The van der Waals surface area contributed by atoms with Crippen LogP contribution in [0.4, 0.5) is 0 Å². The van der Waals surface area contributed by atoms with Crippen LogP contribution in [0.5, 0.6) is 0 Å². The molecule has 0 aromatic carbocycles. The summed E-state index contributed by atoms with van der Waals surface area (Å²) in [7, 11) is 0. The number of aromatic nitrogens is 3. The van der Waals surface area contributed by atoms with E-state index >= 15 is 0 Å². The van der Waals surface area contributed by atoms with Crippen LogP contribution in [-0.2, 0) is 16.9 Å². The quantitative estimate of drug-likeness (QED) is 0.873. The highest BCUT2D eigenvalue weighted by Gasteiger charge is 2.37. The summed E-state index contributed by atoms with van der Waals surface area (Å²) in [5, 5.41) is 15.9. The molecule has 7 heteroatoms. The largest absolute Gasteiger partial charge is 0.478 e. The minimum Gasteiger partial charge on any atom is -0.478 e. The van der Waals surface area contributed by atoms with Crippen LogP contribution in [0.1, 0.15) is 41.6 Å². The minimum atomic E-state index is -1.06. The van der Waals surface area contributed by atoms with E-state index in [-0.39, 0.29) is 23.6 Å². The first-order valence-electron chi connectivity index (χ1n) is 7.56. The SMILES string of the molecule is O=C(Cn1cc(C(=O)O)cn1)NC1(c2cccnc2)CCCC1. The Kier molecular flexibility index (Phi) is 4.10. The molecular weight excluding hydrogens is 296 g/mol. The molecule has 1 aliphatic carbocycles. The lowest BCUT2D eigenvalue weighted by molar-refractivity contribution is -0.123. The number of hydrogen-bond acceptors (Lipinski definition) is 4. The third-order valence-electron chi connectivity index (χ3n) is 4.24. The van der Waals surface area contributed by atoms with E-state index in [1.165, 1.54) is 17.1 Å². The molecule has 2 aromatic heterocycles. The maximum atomic E-state index is 12.4. The van der Waals surface area contributed by atoms with Crippen molar-refractivity contribution in [1.29, 1.82) is 0 Å². The van der Waals surface area contributed by atoms with Crippen LogP contribution in [0.15, 0.2) is 36.9 Å². The molecule has 2 aromatic rings. The fraction of sp³-hybridized carbons (Fsp3) is 0.375. The summed E-state index contributed by atoms with van der Waals surface area (Å²) in [6.45, 7) is -0.00467. The zero-order valence-corrected chi connectivity index (χ0v) is 12.6. The summed E-state index contributed by atoms with van der Waals surface area (Å²) in [6, 6.07) is 3.85. The van der Waals surface area contributed by atoms with Crippen LogP contribution in [0.25, 0.3) is 0 Å². The lowest BCUT2D eigenvalue weighted by Crippen LogP contribution is -2.45. The van der Waals surface area contributed by atoms with E-state index in [9.17, 15) is 9.59 Å². The molecule has 2 N–H and O–H groups in total. The molecule has 2 heterocycles. The summed E-state index contributed by atoms with van der Waals surface area (Å²) in [5.74, 6) is -1.24.